The summed E-state index contributed by atoms with van der Waals surface area (Å²) in [4.78, 5) is 12.3. The number of carbonyl (C=O) groups is 1. The van der Waals surface area contributed by atoms with Crippen LogP contribution >= 0.6 is 15.9 Å². The summed E-state index contributed by atoms with van der Waals surface area (Å²) in [5.74, 6) is 1.86. The van der Waals surface area contributed by atoms with Crippen LogP contribution in [0.3, 0.4) is 0 Å². The van der Waals surface area contributed by atoms with Gasteiger partial charge < -0.3 is 19.9 Å². The van der Waals surface area contributed by atoms with E-state index < -0.39 is 0 Å². The molecule has 0 radical (unpaired) electrons. The molecule has 0 unspecified atom stereocenters. The number of ether oxygens (including phenoxy) is 1. The van der Waals surface area contributed by atoms with Gasteiger partial charge >= 0.3 is 0 Å². The predicted octanol–water partition coefficient (Wildman–Crippen LogP) is 2.88. The summed E-state index contributed by atoms with van der Waals surface area (Å²) in [5.41, 5.74) is 0.528. The minimum atomic E-state index is -0.174. The van der Waals surface area contributed by atoms with E-state index in [0.29, 0.717) is 30.2 Å². The minimum Gasteiger partial charge on any atom is -0.497 e. The molecule has 3 aromatic rings. The SMILES string of the molecule is COc1ccc(Br)c(C(=O)NCCNc2ccc(-n3cccc3)nn2)c1. The van der Waals surface area contributed by atoms with Gasteiger partial charge in [-0.1, -0.05) is 0 Å². The number of hydrogen-bond acceptors (Lipinski definition) is 5. The van der Waals surface area contributed by atoms with Gasteiger partial charge in [-0.05, 0) is 58.4 Å². The molecule has 7 nitrogen and oxygen atoms in total. The van der Waals surface area contributed by atoms with Crippen LogP contribution in [0.1, 0.15) is 10.4 Å². The van der Waals surface area contributed by atoms with Crippen molar-refractivity contribution in [1.82, 2.24) is 20.1 Å². The van der Waals surface area contributed by atoms with Crippen molar-refractivity contribution in [3.05, 3.63) is 64.9 Å². The molecule has 8 heteroatoms. The van der Waals surface area contributed by atoms with E-state index in [-0.39, 0.29) is 5.91 Å². The number of amides is 1. The highest BCUT2D eigenvalue weighted by atomic mass is 79.9. The second-order valence-electron chi connectivity index (χ2n) is 5.40. The molecule has 3 rings (SSSR count). The summed E-state index contributed by atoms with van der Waals surface area (Å²) < 4.78 is 7.75. The molecule has 134 valence electrons. The number of methoxy groups -OCH3 is 1. The number of carbonyl (C=O) groups excluding carboxylic acids is 1. The van der Waals surface area contributed by atoms with Gasteiger partial charge in [-0.15, -0.1) is 10.2 Å². The second-order valence-corrected chi connectivity index (χ2v) is 6.25. The molecule has 2 heterocycles. The zero-order valence-electron chi connectivity index (χ0n) is 14.1. The summed E-state index contributed by atoms with van der Waals surface area (Å²) in [6.45, 7) is 0.981. The van der Waals surface area contributed by atoms with Crippen LogP contribution in [0.15, 0.2) is 59.3 Å². The van der Waals surface area contributed by atoms with Gasteiger partial charge in [0.2, 0.25) is 0 Å². The molecule has 1 amide bonds. The van der Waals surface area contributed by atoms with Crippen LogP contribution in [-0.2, 0) is 0 Å². The lowest BCUT2D eigenvalue weighted by molar-refractivity contribution is 0.0954. The molecule has 26 heavy (non-hydrogen) atoms. The number of halogens is 1. The van der Waals surface area contributed by atoms with Gasteiger partial charge in [0, 0.05) is 30.0 Å². The molecule has 0 fully saturated rings. The highest BCUT2D eigenvalue weighted by molar-refractivity contribution is 9.10. The fourth-order valence-corrected chi connectivity index (χ4v) is 2.74. The number of anilines is 1. The Morgan fingerprint density at radius 3 is 2.65 bits per heavy atom. The van der Waals surface area contributed by atoms with Gasteiger partial charge in [0.1, 0.15) is 11.6 Å². The van der Waals surface area contributed by atoms with Crippen LogP contribution in [-0.4, -0.2) is 40.9 Å². The lowest BCUT2D eigenvalue weighted by Gasteiger charge is -2.10. The van der Waals surface area contributed by atoms with Gasteiger partial charge in [0.15, 0.2) is 5.82 Å². The van der Waals surface area contributed by atoms with Crippen molar-refractivity contribution < 1.29 is 9.53 Å². The van der Waals surface area contributed by atoms with Gasteiger partial charge in [0.25, 0.3) is 5.91 Å². The van der Waals surface area contributed by atoms with Crippen molar-refractivity contribution in [2.45, 2.75) is 0 Å². The third-order valence-electron chi connectivity index (χ3n) is 3.65. The molecule has 0 aliphatic heterocycles. The second kappa shape index (κ2) is 8.48. The first-order valence-corrected chi connectivity index (χ1v) is 8.79. The lowest BCUT2D eigenvalue weighted by Crippen LogP contribution is -2.29. The van der Waals surface area contributed by atoms with Crippen LogP contribution in [0.4, 0.5) is 5.82 Å². The van der Waals surface area contributed by atoms with Gasteiger partial charge in [-0.3, -0.25) is 4.79 Å². The van der Waals surface area contributed by atoms with E-state index in [1.54, 1.807) is 25.3 Å². The van der Waals surface area contributed by atoms with E-state index >= 15 is 0 Å². The molecular weight excluding hydrogens is 398 g/mol. The first-order valence-electron chi connectivity index (χ1n) is 8.00. The molecule has 2 N–H and O–H groups in total. The fourth-order valence-electron chi connectivity index (χ4n) is 2.31. The highest BCUT2D eigenvalue weighted by Gasteiger charge is 2.10. The number of nitrogens with zero attached hydrogens (tertiary/aromatic N) is 3. The van der Waals surface area contributed by atoms with Crippen LogP contribution in [0.5, 0.6) is 5.75 Å². The van der Waals surface area contributed by atoms with E-state index in [9.17, 15) is 4.79 Å². The Kier molecular flexibility index (Phi) is 5.85. The Morgan fingerprint density at radius 2 is 1.96 bits per heavy atom. The summed E-state index contributed by atoms with van der Waals surface area (Å²) >= 11 is 3.38. The van der Waals surface area contributed by atoms with Crippen LogP contribution in [0.25, 0.3) is 5.82 Å². The number of hydrogen-bond donors (Lipinski definition) is 2. The molecular formula is C18H18BrN5O2. The first kappa shape index (κ1) is 17.9. The zero-order chi connectivity index (χ0) is 18.4. The third-order valence-corrected chi connectivity index (χ3v) is 4.35. The van der Waals surface area contributed by atoms with Crippen molar-refractivity contribution in [2.75, 3.05) is 25.5 Å². The van der Waals surface area contributed by atoms with Crippen LogP contribution in [0, 0.1) is 0 Å². The Labute approximate surface area is 159 Å². The van der Waals surface area contributed by atoms with Crippen LogP contribution in [0.2, 0.25) is 0 Å². The molecule has 0 saturated heterocycles. The standard InChI is InChI=1S/C18H18BrN5O2/c1-26-13-4-5-15(19)14(12-13)18(25)21-9-8-20-16-6-7-17(23-22-16)24-10-2-3-11-24/h2-7,10-12H,8-9H2,1H3,(H,20,22)(H,21,25). The first-order chi connectivity index (χ1) is 12.7. The maximum absolute atomic E-state index is 12.3. The average Bonchev–Trinajstić information content (AvgIpc) is 3.21. The predicted molar refractivity (Wildman–Crippen MR) is 103 cm³/mol. The lowest BCUT2D eigenvalue weighted by atomic mass is 10.2. The van der Waals surface area contributed by atoms with Crippen molar-refractivity contribution in [1.29, 1.82) is 0 Å². The topological polar surface area (TPSA) is 81.1 Å². The van der Waals surface area contributed by atoms with E-state index in [1.165, 1.54) is 0 Å². The summed E-state index contributed by atoms with van der Waals surface area (Å²) in [5, 5.41) is 14.3. The van der Waals surface area contributed by atoms with Gasteiger partial charge in [-0.2, -0.15) is 0 Å². The molecule has 0 aliphatic rings. The minimum absolute atomic E-state index is 0.174. The van der Waals surface area contributed by atoms with E-state index in [0.717, 1.165) is 10.3 Å². The number of nitrogens with one attached hydrogen (secondary N) is 2. The summed E-state index contributed by atoms with van der Waals surface area (Å²) in [6.07, 6.45) is 3.81. The monoisotopic (exact) mass is 415 g/mol. The molecule has 2 aromatic heterocycles. The van der Waals surface area contributed by atoms with Crippen LogP contribution < -0.4 is 15.4 Å². The summed E-state index contributed by atoms with van der Waals surface area (Å²) in [6, 6.07) is 12.9. The maximum atomic E-state index is 12.3. The Morgan fingerprint density at radius 1 is 1.15 bits per heavy atom. The fraction of sp³-hybridized carbons (Fsp3) is 0.167. The molecule has 0 bridgehead atoms. The van der Waals surface area contributed by atoms with Crippen molar-refractivity contribution in [3.63, 3.8) is 0 Å². The molecule has 0 atom stereocenters. The van der Waals surface area contributed by atoms with Crippen molar-refractivity contribution in [2.24, 2.45) is 0 Å². The van der Waals surface area contributed by atoms with E-state index in [4.69, 9.17) is 4.74 Å². The number of rotatable bonds is 7. The molecule has 0 aliphatic carbocycles. The average molecular weight is 416 g/mol. The van der Waals surface area contributed by atoms with Crippen molar-refractivity contribution in [3.8, 4) is 11.6 Å². The quantitative estimate of drug-likeness (QED) is 0.579. The van der Waals surface area contributed by atoms with Gasteiger partial charge in [0.05, 0.1) is 12.7 Å². The Balaban J connectivity index is 1.49. The maximum Gasteiger partial charge on any atom is 0.252 e. The number of benzene rings is 1. The zero-order valence-corrected chi connectivity index (χ0v) is 15.7. The Hall–Kier alpha value is -2.87. The van der Waals surface area contributed by atoms with E-state index in [2.05, 4.69) is 36.8 Å². The molecule has 1 aromatic carbocycles. The highest BCUT2D eigenvalue weighted by Crippen LogP contribution is 2.22. The van der Waals surface area contributed by atoms with Crippen molar-refractivity contribution >= 4 is 27.7 Å². The third kappa shape index (κ3) is 4.40. The largest absolute Gasteiger partial charge is 0.497 e. The normalized spacial score (nSPS) is 10.4. The number of aromatic nitrogens is 3. The summed E-state index contributed by atoms with van der Waals surface area (Å²) in [7, 11) is 1.57. The van der Waals surface area contributed by atoms with E-state index in [1.807, 2.05) is 41.2 Å². The molecule has 0 spiro atoms. The molecule has 0 saturated carbocycles. The Bertz CT molecular complexity index is 866. The van der Waals surface area contributed by atoms with Gasteiger partial charge in [-0.25, -0.2) is 0 Å². The smallest absolute Gasteiger partial charge is 0.252 e.